The zero-order chi connectivity index (χ0) is 21.7. The summed E-state index contributed by atoms with van der Waals surface area (Å²) >= 11 is 13.5. The van der Waals surface area contributed by atoms with Crippen molar-refractivity contribution in [3.63, 3.8) is 0 Å². The van der Waals surface area contributed by atoms with Crippen LogP contribution in [0.3, 0.4) is 0 Å². The summed E-state index contributed by atoms with van der Waals surface area (Å²) in [6, 6.07) is 13.6. The van der Waals surface area contributed by atoms with Crippen LogP contribution in [0.2, 0.25) is 5.02 Å². The monoisotopic (exact) mass is 461 g/mol. The van der Waals surface area contributed by atoms with E-state index in [1.54, 1.807) is 0 Å². The van der Waals surface area contributed by atoms with Gasteiger partial charge in [0.25, 0.3) is 0 Å². The largest absolute Gasteiger partial charge is 0.489 e. The van der Waals surface area contributed by atoms with Gasteiger partial charge in [0.05, 0.1) is 22.2 Å². The molecule has 3 aromatic rings. The summed E-state index contributed by atoms with van der Waals surface area (Å²) in [5.74, 6) is 1.42. The first-order valence-electron chi connectivity index (χ1n) is 9.21. The third-order valence-corrected chi connectivity index (χ3v) is 5.90. The first-order valence-corrected chi connectivity index (χ1v) is 11.0. The maximum Gasteiger partial charge on any atom is 0.180 e. The lowest BCUT2D eigenvalue weighted by atomic mass is 9.77. The number of benzene rings is 2. The molecule has 0 fully saturated rings. The molecule has 30 heavy (non-hydrogen) atoms. The highest BCUT2D eigenvalue weighted by atomic mass is 35.5. The van der Waals surface area contributed by atoms with Crippen molar-refractivity contribution in [1.82, 2.24) is 4.98 Å². The van der Waals surface area contributed by atoms with Crippen LogP contribution in [0.25, 0.3) is 0 Å². The number of nitriles is 1. The van der Waals surface area contributed by atoms with Crippen molar-refractivity contribution < 1.29 is 9.47 Å². The van der Waals surface area contributed by atoms with Crippen LogP contribution in [0.5, 0.6) is 11.5 Å². The van der Waals surface area contributed by atoms with Gasteiger partial charge in [-0.05, 0) is 35.4 Å². The molecule has 5 nitrogen and oxygen atoms in total. The molecule has 0 bridgehead atoms. The molecule has 0 spiro atoms. The summed E-state index contributed by atoms with van der Waals surface area (Å²) in [4.78, 5) is 4.19. The standard InChI is InChI=1S/C22H21Cl2N3O2S/c1-22(2,16-9-14(11-25)20(19(24)10-16)28-8-7-23)15-3-5-18(6-4-15)29-12-17-13-30-21(26)27-17/h3-6,9-10,13H,7-8,12H2,1-2H3,(H2,26,27). The molecule has 2 aromatic carbocycles. The number of hydrogen-bond donors (Lipinski definition) is 1. The Kier molecular flexibility index (Phi) is 7.09. The van der Waals surface area contributed by atoms with E-state index >= 15 is 0 Å². The summed E-state index contributed by atoms with van der Waals surface area (Å²) in [5, 5.41) is 12.3. The molecule has 1 heterocycles. The Hall–Kier alpha value is -2.46. The predicted molar refractivity (Wildman–Crippen MR) is 122 cm³/mol. The lowest BCUT2D eigenvalue weighted by Gasteiger charge is -2.27. The smallest absolute Gasteiger partial charge is 0.180 e. The zero-order valence-electron chi connectivity index (χ0n) is 16.6. The van der Waals surface area contributed by atoms with Crippen LogP contribution in [0.15, 0.2) is 41.8 Å². The Morgan fingerprint density at radius 3 is 2.50 bits per heavy atom. The maximum absolute atomic E-state index is 9.54. The number of thiazole rings is 1. The van der Waals surface area contributed by atoms with Crippen molar-refractivity contribution in [2.75, 3.05) is 18.2 Å². The van der Waals surface area contributed by atoms with E-state index < -0.39 is 0 Å². The van der Waals surface area contributed by atoms with Crippen LogP contribution in [-0.4, -0.2) is 17.5 Å². The predicted octanol–water partition coefficient (Wildman–Crippen LogP) is 5.77. The van der Waals surface area contributed by atoms with E-state index in [4.69, 9.17) is 38.4 Å². The molecule has 8 heteroatoms. The molecular formula is C22H21Cl2N3O2S. The number of nitrogens with zero attached hydrogens (tertiary/aromatic N) is 2. The first kappa shape index (κ1) is 22.2. The number of alkyl halides is 1. The minimum Gasteiger partial charge on any atom is -0.489 e. The highest BCUT2D eigenvalue weighted by Gasteiger charge is 2.26. The number of rotatable bonds is 8. The lowest BCUT2D eigenvalue weighted by molar-refractivity contribution is 0.302. The van der Waals surface area contributed by atoms with Crippen LogP contribution < -0.4 is 15.2 Å². The van der Waals surface area contributed by atoms with Crippen molar-refractivity contribution >= 4 is 39.7 Å². The number of anilines is 1. The second-order valence-electron chi connectivity index (χ2n) is 7.10. The van der Waals surface area contributed by atoms with Gasteiger partial charge in [0, 0.05) is 10.8 Å². The van der Waals surface area contributed by atoms with Crippen LogP contribution >= 0.6 is 34.5 Å². The van der Waals surface area contributed by atoms with Crippen molar-refractivity contribution in [2.24, 2.45) is 0 Å². The van der Waals surface area contributed by atoms with Crippen LogP contribution in [0.4, 0.5) is 5.13 Å². The van der Waals surface area contributed by atoms with Crippen LogP contribution in [-0.2, 0) is 12.0 Å². The average molecular weight is 462 g/mol. The van der Waals surface area contributed by atoms with Crippen molar-refractivity contribution in [3.05, 3.63) is 69.2 Å². The molecule has 0 unspecified atom stereocenters. The Morgan fingerprint density at radius 2 is 1.90 bits per heavy atom. The van der Waals surface area contributed by atoms with Gasteiger partial charge in [0.1, 0.15) is 25.0 Å². The van der Waals surface area contributed by atoms with E-state index in [1.165, 1.54) is 11.3 Å². The van der Waals surface area contributed by atoms with E-state index in [-0.39, 0.29) is 12.0 Å². The van der Waals surface area contributed by atoms with E-state index in [1.807, 2.05) is 41.8 Å². The summed E-state index contributed by atoms with van der Waals surface area (Å²) in [6.45, 7) is 4.80. The molecule has 2 N–H and O–H groups in total. The van der Waals surface area contributed by atoms with Crippen molar-refractivity contribution in [3.8, 4) is 17.6 Å². The van der Waals surface area contributed by atoms with Crippen molar-refractivity contribution in [2.45, 2.75) is 25.9 Å². The average Bonchev–Trinajstić information content (AvgIpc) is 3.16. The van der Waals surface area contributed by atoms with E-state index in [2.05, 4.69) is 24.9 Å². The first-order chi connectivity index (χ1) is 14.3. The minimum absolute atomic E-state index is 0.285. The highest BCUT2D eigenvalue weighted by Crippen LogP contribution is 2.38. The van der Waals surface area contributed by atoms with E-state index in [9.17, 15) is 5.26 Å². The molecule has 3 rings (SSSR count). The van der Waals surface area contributed by atoms with Gasteiger partial charge in [-0.25, -0.2) is 4.98 Å². The molecule has 0 aliphatic heterocycles. The van der Waals surface area contributed by atoms with Gasteiger partial charge in [0.2, 0.25) is 0 Å². The third-order valence-electron chi connectivity index (χ3n) is 4.74. The summed E-state index contributed by atoms with van der Waals surface area (Å²) in [7, 11) is 0. The summed E-state index contributed by atoms with van der Waals surface area (Å²) in [6.07, 6.45) is 0. The quantitative estimate of drug-likeness (QED) is 0.430. The van der Waals surface area contributed by atoms with Gasteiger partial charge < -0.3 is 15.2 Å². The molecule has 0 aliphatic carbocycles. The molecule has 0 radical (unpaired) electrons. The number of halogens is 2. The number of nitrogen functional groups attached to an aromatic ring is 1. The van der Waals surface area contributed by atoms with Gasteiger partial charge in [-0.2, -0.15) is 5.26 Å². The van der Waals surface area contributed by atoms with E-state index in [0.717, 1.165) is 22.6 Å². The Bertz CT molecular complexity index is 1060. The highest BCUT2D eigenvalue weighted by molar-refractivity contribution is 7.13. The van der Waals surface area contributed by atoms with Gasteiger partial charge in [0.15, 0.2) is 10.9 Å². The van der Waals surface area contributed by atoms with Gasteiger partial charge >= 0.3 is 0 Å². The van der Waals surface area contributed by atoms with Gasteiger partial charge in [-0.1, -0.05) is 37.6 Å². The number of ether oxygens (including phenoxy) is 2. The fourth-order valence-electron chi connectivity index (χ4n) is 3.01. The lowest BCUT2D eigenvalue weighted by Crippen LogP contribution is -2.19. The second kappa shape index (κ2) is 9.57. The van der Waals surface area contributed by atoms with Crippen molar-refractivity contribution in [1.29, 1.82) is 5.26 Å². The minimum atomic E-state index is -0.387. The fraction of sp³-hybridized carbons (Fsp3) is 0.273. The fourth-order valence-corrected chi connectivity index (χ4v) is 3.90. The Morgan fingerprint density at radius 1 is 1.17 bits per heavy atom. The van der Waals surface area contributed by atoms with E-state index in [0.29, 0.717) is 34.0 Å². The number of aromatic nitrogens is 1. The topological polar surface area (TPSA) is 81.2 Å². The zero-order valence-corrected chi connectivity index (χ0v) is 18.9. The second-order valence-corrected chi connectivity index (χ2v) is 8.77. The molecular weight excluding hydrogens is 441 g/mol. The molecule has 0 saturated heterocycles. The third kappa shape index (κ3) is 4.99. The van der Waals surface area contributed by atoms with Crippen LogP contribution in [0.1, 0.15) is 36.2 Å². The summed E-state index contributed by atoms with van der Waals surface area (Å²) in [5.41, 5.74) is 8.42. The Labute approximate surface area is 190 Å². The van der Waals surface area contributed by atoms with Crippen LogP contribution in [0, 0.1) is 11.3 Å². The van der Waals surface area contributed by atoms with Gasteiger partial charge in [-0.15, -0.1) is 22.9 Å². The molecule has 0 atom stereocenters. The number of hydrogen-bond acceptors (Lipinski definition) is 6. The molecule has 0 amide bonds. The maximum atomic E-state index is 9.54. The molecule has 0 aliphatic rings. The molecule has 0 saturated carbocycles. The normalized spacial score (nSPS) is 11.2. The van der Waals surface area contributed by atoms with Gasteiger partial charge in [-0.3, -0.25) is 0 Å². The molecule has 156 valence electrons. The Balaban J connectivity index is 1.80. The molecule has 1 aromatic heterocycles. The summed E-state index contributed by atoms with van der Waals surface area (Å²) < 4.78 is 11.3. The number of nitrogens with two attached hydrogens (primary N) is 1. The SMILES string of the molecule is CC(C)(c1ccc(OCc2csc(N)n2)cc1)c1cc(Cl)c(OCCCl)c(C#N)c1.